The highest BCUT2D eigenvalue weighted by Gasteiger charge is 2.35. The van der Waals surface area contributed by atoms with Crippen LogP contribution in [0.25, 0.3) is 0 Å². The highest BCUT2D eigenvalue weighted by molar-refractivity contribution is 5.96. The first-order valence-corrected chi connectivity index (χ1v) is 11.3. The van der Waals surface area contributed by atoms with E-state index in [9.17, 15) is 22.8 Å². The number of nitrogens with zero attached hydrogens (tertiary/aromatic N) is 2. The number of hydrogen-bond acceptors (Lipinski definition) is 5. The Morgan fingerprint density at radius 1 is 1.06 bits per heavy atom. The average molecular weight is 476 g/mol. The van der Waals surface area contributed by atoms with Gasteiger partial charge in [-0.1, -0.05) is 12.1 Å². The van der Waals surface area contributed by atoms with E-state index in [2.05, 4.69) is 20.5 Å². The minimum Gasteiger partial charge on any atom is -0.474 e. The van der Waals surface area contributed by atoms with Crippen molar-refractivity contribution in [3.8, 4) is 5.88 Å². The highest BCUT2D eigenvalue weighted by Crippen LogP contribution is 2.30. The van der Waals surface area contributed by atoms with Gasteiger partial charge in [0.1, 0.15) is 6.10 Å². The zero-order chi connectivity index (χ0) is 24.1. The van der Waals surface area contributed by atoms with Crippen LogP contribution in [-0.2, 0) is 11.0 Å². The first-order chi connectivity index (χ1) is 16.3. The summed E-state index contributed by atoms with van der Waals surface area (Å²) in [5.74, 6) is -0.434. The van der Waals surface area contributed by atoms with Gasteiger partial charge in [-0.05, 0) is 49.9 Å². The van der Waals surface area contributed by atoms with Crippen molar-refractivity contribution in [2.45, 2.75) is 50.0 Å². The molecule has 0 unspecified atom stereocenters. The molecule has 2 heterocycles. The van der Waals surface area contributed by atoms with Gasteiger partial charge in [-0.2, -0.15) is 13.2 Å². The second-order valence-electron chi connectivity index (χ2n) is 8.70. The van der Waals surface area contributed by atoms with Gasteiger partial charge in [0.25, 0.3) is 5.91 Å². The number of amides is 2. The van der Waals surface area contributed by atoms with Gasteiger partial charge in [-0.25, -0.2) is 4.98 Å². The quantitative estimate of drug-likeness (QED) is 0.642. The number of likely N-dealkylation sites (tertiary alicyclic amines) is 1. The molecule has 0 bridgehead atoms. The van der Waals surface area contributed by atoms with Gasteiger partial charge >= 0.3 is 6.18 Å². The van der Waals surface area contributed by atoms with Crippen LogP contribution in [0, 0.1) is 0 Å². The fourth-order valence-electron chi connectivity index (χ4n) is 4.40. The Morgan fingerprint density at radius 3 is 2.50 bits per heavy atom. The predicted octanol–water partition coefficient (Wildman–Crippen LogP) is 3.02. The summed E-state index contributed by atoms with van der Waals surface area (Å²) in [5.41, 5.74) is -1.04. The summed E-state index contributed by atoms with van der Waals surface area (Å²) in [6.45, 7) is 1.19. The number of halogens is 3. The number of hydrogen-bond donors (Lipinski definition) is 2. The van der Waals surface area contributed by atoms with Crippen LogP contribution in [0.1, 0.15) is 41.6 Å². The van der Waals surface area contributed by atoms with Crippen LogP contribution in [0.3, 0.4) is 0 Å². The monoisotopic (exact) mass is 476 g/mol. The normalized spacial score (nSPS) is 21.4. The highest BCUT2D eigenvalue weighted by atomic mass is 19.4. The van der Waals surface area contributed by atoms with E-state index in [1.54, 1.807) is 6.20 Å². The molecule has 1 saturated heterocycles. The van der Waals surface area contributed by atoms with Crippen molar-refractivity contribution >= 4 is 11.8 Å². The summed E-state index contributed by atoms with van der Waals surface area (Å²) in [5, 5.41) is 5.24. The van der Waals surface area contributed by atoms with E-state index in [-0.39, 0.29) is 30.2 Å². The van der Waals surface area contributed by atoms with E-state index < -0.39 is 17.6 Å². The largest absolute Gasteiger partial charge is 0.474 e. The standard InChI is InChI=1S/C24H27F3N4O3/c25-24(26,27)17-5-3-4-16(12-17)23(33)29-13-21(32)30-18-14-31(15-18)19-7-9-20(10-8-19)34-22-6-1-2-11-28-22/h1-6,11-12,18-20H,7-10,13-15H2,(H,29,33)(H,30,32)/t19-,20+. The molecule has 182 valence electrons. The van der Waals surface area contributed by atoms with Crippen LogP contribution in [0.2, 0.25) is 0 Å². The van der Waals surface area contributed by atoms with Crippen LogP contribution in [0.4, 0.5) is 13.2 Å². The summed E-state index contributed by atoms with van der Waals surface area (Å²) in [7, 11) is 0. The third-order valence-electron chi connectivity index (χ3n) is 6.22. The minimum atomic E-state index is -4.53. The first kappa shape index (κ1) is 24.0. The van der Waals surface area contributed by atoms with Gasteiger partial charge in [-0.15, -0.1) is 0 Å². The molecule has 4 rings (SSSR count). The van der Waals surface area contributed by atoms with Gasteiger partial charge in [0, 0.05) is 37.0 Å². The molecule has 34 heavy (non-hydrogen) atoms. The second-order valence-corrected chi connectivity index (χ2v) is 8.70. The molecular weight excluding hydrogens is 449 g/mol. The van der Waals surface area contributed by atoms with Crippen molar-refractivity contribution in [3.05, 3.63) is 59.8 Å². The number of aromatic nitrogens is 1. The summed E-state index contributed by atoms with van der Waals surface area (Å²) in [6.07, 6.45) is 1.30. The first-order valence-electron chi connectivity index (χ1n) is 11.3. The Balaban J connectivity index is 1.13. The average Bonchev–Trinajstić information content (AvgIpc) is 2.80. The molecular formula is C24H27F3N4O3. The Morgan fingerprint density at radius 2 is 1.82 bits per heavy atom. The molecule has 2 aromatic rings. The van der Waals surface area contributed by atoms with Crippen LogP contribution < -0.4 is 15.4 Å². The van der Waals surface area contributed by atoms with Crippen molar-refractivity contribution in [2.24, 2.45) is 0 Å². The van der Waals surface area contributed by atoms with E-state index in [0.717, 1.165) is 50.9 Å². The number of benzene rings is 1. The van der Waals surface area contributed by atoms with Crippen LogP contribution in [0.5, 0.6) is 5.88 Å². The molecule has 1 aromatic heterocycles. The molecule has 1 aromatic carbocycles. The maximum atomic E-state index is 12.8. The predicted molar refractivity (Wildman–Crippen MR) is 118 cm³/mol. The summed E-state index contributed by atoms with van der Waals surface area (Å²) >= 11 is 0. The molecule has 7 nitrogen and oxygen atoms in total. The number of carbonyl (C=O) groups is 2. The minimum absolute atomic E-state index is 0.000418. The molecule has 0 radical (unpaired) electrons. The van der Waals surface area contributed by atoms with Crippen LogP contribution in [0.15, 0.2) is 48.7 Å². The van der Waals surface area contributed by atoms with Crippen molar-refractivity contribution in [1.82, 2.24) is 20.5 Å². The van der Waals surface area contributed by atoms with E-state index in [4.69, 9.17) is 4.74 Å². The van der Waals surface area contributed by atoms with Gasteiger partial charge in [0.2, 0.25) is 11.8 Å². The van der Waals surface area contributed by atoms with Gasteiger partial charge in [-0.3, -0.25) is 14.5 Å². The summed E-state index contributed by atoms with van der Waals surface area (Å²) in [4.78, 5) is 30.8. The second kappa shape index (κ2) is 10.4. The van der Waals surface area contributed by atoms with Gasteiger partial charge < -0.3 is 15.4 Å². The molecule has 2 amide bonds. The third-order valence-corrected chi connectivity index (χ3v) is 6.22. The van der Waals surface area contributed by atoms with Crippen LogP contribution >= 0.6 is 0 Å². The topological polar surface area (TPSA) is 83.6 Å². The van der Waals surface area contributed by atoms with Crippen molar-refractivity contribution in [1.29, 1.82) is 0 Å². The Bertz CT molecular complexity index is 988. The van der Waals surface area contributed by atoms with E-state index in [0.29, 0.717) is 11.9 Å². The molecule has 2 N–H and O–H groups in total. The van der Waals surface area contributed by atoms with E-state index in [1.165, 1.54) is 12.1 Å². The number of pyridine rings is 1. The lowest BCUT2D eigenvalue weighted by atomic mass is 9.89. The zero-order valence-electron chi connectivity index (χ0n) is 18.6. The molecule has 2 aliphatic rings. The smallest absolute Gasteiger partial charge is 0.416 e. The van der Waals surface area contributed by atoms with Crippen LogP contribution in [-0.4, -0.2) is 59.5 Å². The van der Waals surface area contributed by atoms with Crippen molar-refractivity contribution in [3.63, 3.8) is 0 Å². The maximum absolute atomic E-state index is 12.8. The molecule has 2 fully saturated rings. The fraction of sp³-hybridized carbons (Fsp3) is 0.458. The van der Waals surface area contributed by atoms with Gasteiger partial charge in [0.05, 0.1) is 18.2 Å². The lowest BCUT2D eigenvalue weighted by Gasteiger charge is -2.46. The lowest BCUT2D eigenvalue weighted by Crippen LogP contribution is -2.63. The van der Waals surface area contributed by atoms with Crippen molar-refractivity contribution < 1.29 is 27.5 Å². The summed E-state index contributed by atoms with van der Waals surface area (Å²) < 4.78 is 44.3. The SMILES string of the molecule is O=C(CNC(=O)c1cccc(C(F)(F)F)c1)NC1CN([C@H]2CC[C@@H](Oc3ccccn3)CC2)C1. The maximum Gasteiger partial charge on any atom is 0.416 e. The number of nitrogens with one attached hydrogen (secondary N) is 2. The molecule has 0 atom stereocenters. The van der Waals surface area contributed by atoms with Crippen molar-refractivity contribution in [2.75, 3.05) is 19.6 Å². The zero-order valence-corrected chi connectivity index (χ0v) is 18.6. The molecule has 1 saturated carbocycles. The fourth-order valence-corrected chi connectivity index (χ4v) is 4.40. The Hall–Kier alpha value is -3.14. The number of carbonyl (C=O) groups excluding carboxylic acids is 2. The molecule has 1 aliphatic carbocycles. The Kier molecular flexibility index (Phi) is 7.35. The van der Waals surface area contributed by atoms with E-state index in [1.807, 2.05) is 18.2 Å². The number of rotatable bonds is 7. The van der Waals surface area contributed by atoms with E-state index >= 15 is 0 Å². The lowest BCUT2D eigenvalue weighted by molar-refractivity contribution is -0.137. The third kappa shape index (κ3) is 6.25. The van der Waals surface area contributed by atoms with Gasteiger partial charge in [0.15, 0.2) is 0 Å². The molecule has 10 heteroatoms. The molecule has 1 aliphatic heterocycles. The number of alkyl halides is 3. The molecule has 0 spiro atoms. The number of ether oxygens (including phenoxy) is 1. The Labute approximate surface area is 195 Å². The summed E-state index contributed by atoms with van der Waals surface area (Å²) in [6, 6.07) is 10.2.